The van der Waals surface area contributed by atoms with Crippen LogP contribution in [0.3, 0.4) is 0 Å². The third-order valence-corrected chi connectivity index (χ3v) is 17.8. The second kappa shape index (κ2) is 7.63. The highest BCUT2D eigenvalue weighted by Crippen LogP contribution is 2.34. The summed E-state index contributed by atoms with van der Waals surface area (Å²) in [6.07, 6.45) is 2.57. The maximum absolute atomic E-state index is 2.57. The van der Waals surface area contributed by atoms with Crippen molar-refractivity contribution in [2.75, 3.05) is 0 Å². The first-order chi connectivity index (χ1) is 15.0. The lowest BCUT2D eigenvalue weighted by atomic mass is 10.1. The van der Waals surface area contributed by atoms with Crippen molar-refractivity contribution in [1.29, 1.82) is 0 Å². The number of aryl methyl sites for hydroxylation is 1. The fraction of sp³-hybridized carbons (Fsp3) is 0.103. The normalized spacial score (nSPS) is 14.7. The molecule has 0 saturated heterocycles. The van der Waals surface area contributed by atoms with Crippen LogP contribution >= 0.6 is 0 Å². The van der Waals surface area contributed by atoms with Crippen LogP contribution in [-0.2, 0) is 0 Å². The van der Waals surface area contributed by atoms with Gasteiger partial charge in [0, 0.05) is 0 Å². The van der Waals surface area contributed by atoms with Gasteiger partial charge < -0.3 is 0 Å². The van der Waals surface area contributed by atoms with E-state index in [2.05, 4.69) is 135 Å². The minimum absolute atomic E-state index is 1.34. The summed E-state index contributed by atoms with van der Waals surface area (Å²) in [5.74, 6) is 0. The molecule has 0 nitrogen and oxygen atoms in total. The fourth-order valence-corrected chi connectivity index (χ4v) is 17.3. The van der Waals surface area contributed by atoms with Gasteiger partial charge in [0.15, 0.2) is 8.07 Å². The molecule has 0 aliphatic carbocycles. The van der Waals surface area contributed by atoms with E-state index in [-0.39, 0.29) is 0 Å². The third-order valence-electron chi connectivity index (χ3n) is 6.90. The van der Waals surface area contributed by atoms with Crippen molar-refractivity contribution >= 4 is 43.0 Å². The average molecular weight is 433 g/mol. The Morgan fingerprint density at radius 2 is 1.13 bits per heavy atom. The molecule has 5 rings (SSSR count). The Balaban J connectivity index is 1.90. The molecular weight excluding hydrogens is 404 g/mol. The molecule has 0 amide bonds. The first kappa shape index (κ1) is 20.0. The van der Waals surface area contributed by atoms with Crippen molar-refractivity contribution < 1.29 is 0 Å². The zero-order valence-corrected chi connectivity index (χ0v) is 20.5. The molecule has 1 aliphatic rings. The van der Waals surface area contributed by atoms with E-state index in [1.54, 1.807) is 10.0 Å². The summed E-state index contributed by atoms with van der Waals surface area (Å²) >= 11 is 0. The van der Waals surface area contributed by atoms with E-state index in [0.29, 0.717) is 0 Å². The van der Waals surface area contributed by atoms with Gasteiger partial charge in [-0.15, -0.1) is 0 Å². The molecule has 0 radical (unpaired) electrons. The maximum atomic E-state index is 2.57. The van der Waals surface area contributed by atoms with Gasteiger partial charge in [0.05, 0.1) is 0 Å². The molecule has 4 aromatic rings. The molecule has 0 spiro atoms. The van der Waals surface area contributed by atoms with Gasteiger partial charge in [-0.2, -0.15) is 0 Å². The van der Waals surface area contributed by atoms with Crippen LogP contribution < -0.4 is 20.7 Å². The minimum atomic E-state index is -2.36. The molecule has 0 N–H and O–H groups in total. The van der Waals surface area contributed by atoms with Gasteiger partial charge in [0.25, 0.3) is 0 Å². The lowest BCUT2D eigenvalue weighted by Gasteiger charge is -2.40. The van der Waals surface area contributed by atoms with E-state index in [9.17, 15) is 0 Å². The van der Waals surface area contributed by atoms with E-state index < -0.39 is 16.1 Å². The van der Waals surface area contributed by atoms with Crippen LogP contribution in [0, 0.1) is 6.92 Å². The molecule has 0 bridgehead atoms. The highest BCUT2D eigenvalue weighted by molar-refractivity contribution is 7.28. The summed E-state index contributed by atoms with van der Waals surface area (Å²) in [4.78, 5) is 1.70. The fourth-order valence-electron chi connectivity index (χ4n) is 5.35. The van der Waals surface area contributed by atoms with Gasteiger partial charge in [0.1, 0.15) is 8.07 Å². The van der Waals surface area contributed by atoms with Crippen LogP contribution in [0.5, 0.6) is 0 Å². The van der Waals surface area contributed by atoms with Crippen molar-refractivity contribution in [1.82, 2.24) is 0 Å². The lowest BCUT2D eigenvalue weighted by molar-refractivity contribution is 1.48. The molecule has 4 aromatic carbocycles. The topological polar surface area (TPSA) is 0 Å². The van der Waals surface area contributed by atoms with Gasteiger partial charge in [-0.3, -0.25) is 0 Å². The Kier molecular flexibility index (Phi) is 4.92. The SMILES string of the molecule is Cc1ccc2c(c1)[Si](c1ccccc1)(c1ccccc1)C([Si](C)(C)c1ccccc1)=C2. The summed E-state index contributed by atoms with van der Waals surface area (Å²) < 4.78 is 0. The molecule has 0 fully saturated rings. The number of hydrogen-bond donors (Lipinski definition) is 0. The molecule has 1 aliphatic heterocycles. The van der Waals surface area contributed by atoms with Crippen LogP contribution in [0.1, 0.15) is 11.1 Å². The van der Waals surface area contributed by atoms with E-state index in [1.165, 1.54) is 26.7 Å². The second-order valence-corrected chi connectivity index (χ2v) is 17.7. The summed E-state index contributed by atoms with van der Waals surface area (Å²) in [6.45, 7) is 7.31. The Morgan fingerprint density at radius 3 is 1.68 bits per heavy atom. The van der Waals surface area contributed by atoms with Gasteiger partial charge in [-0.25, -0.2) is 0 Å². The highest BCUT2D eigenvalue weighted by Gasteiger charge is 2.52. The monoisotopic (exact) mass is 432 g/mol. The summed E-state index contributed by atoms with van der Waals surface area (Å²) in [5, 5.41) is 6.05. The van der Waals surface area contributed by atoms with Crippen LogP contribution in [0.25, 0.3) is 6.08 Å². The van der Waals surface area contributed by atoms with Crippen LogP contribution in [0.4, 0.5) is 0 Å². The van der Waals surface area contributed by atoms with Crippen molar-refractivity contribution in [3.05, 3.63) is 125 Å². The largest absolute Gasteiger partial charge is 0.172 e. The van der Waals surface area contributed by atoms with Crippen molar-refractivity contribution in [2.45, 2.75) is 20.0 Å². The molecular formula is C29H28Si2. The van der Waals surface area contributed by atoms with Crippen LogP contribution in [-0.4, -0.2) is 16.1 Å². The molecule has 0 unspecified atom stereocenters. The van der Waals surface area contributed by atoms with Crippen molar-refractivity contribution in [3.8, 4) is 0 Å². The first-order valence-electron chi connectivity index (χ1n) is 11.0. The van der Waals surface area contributed by atoms with Gasteiger partial charge in [0.2, 0.25) is 0 Å². The van der Waals surface area contributed by atoms with E-state index in [0.717, 1.165) is 0 Å². The number of rotatable bonds is 4. The first-order valence-corrected chi connectivity index (χ1v) is 16.0. The molecule has 31 heavy (non-hydrogen) atoms. The van der Waals surface area contributed by atoms with E-state index >= 15 is 0 Å². The Labute approximate surface area is 187 Å². The molecule has 1 heterocycles. The van der Waals surface area contributed by atoms with Gasteiger partial charge in [-0.05, 0) is 28.0 Å². The van der Waals surface area contributed by atoms with E-state index in [1.807, 2.05) is 0 Å². The Hall–Kier alpha value is -2.95. The maximum Gasteiger partial charge on any atom is 0.172 e. The smallest absolute Gasteiger partial charge is 0.0726 e. The zero-order chi connectivity index (χ0) is 21.5. The Bertz CT molecular complexity index is 1200. The van der Waals surface area contributed by atoms with Crippen molar-refractivity contribution in [2.24, 2.45) is 0 Å². The second-order valence-electron chi connectivity index (χ2n) is 9.12. The predicted molar refractivity (Wildman–Crippen MR) is 140 cm³/mol. The third kappa shape index (κ3) is 3.10. The minimum Gasteiger partial charge on any atom is -0.0726 e. The quantitative estimate of drug-likeness (QED) is 0.415. The molecule has 0 atom stereocenters. The van der Waals surface area contributed by atoms with E-state index in [4.69, 9.17) is 0 Å². The van der Waals surface area contributed by atoms with Crippen LogP contribution in [0.2, 0.25) is 13.1 Å². The summed E-state index contributed by atoms with van der Waals surface area (Å²) in [7, 11) is -4.30. The standard InChI is InChI=1S/C29H28Si2/c1-23-19-20-24-22-29(30(2,3)25-13-7-4-8-14-25)31(28(24)21-23,26-15-9-5-10-16-26)27-17-11-6-12-18-27/h4-22H,1-3H3. The van der Waals surface area contributed by atoms with Gasteiger partial charge in [-0.1, -0.05) is 144 Å². The average Bonchev–Trinajstić information content (AvgIpc) is 3.17. The summed E-state index contributed by atoms with van der Waals surface area (Å²) in [6, 6.07) is 41.0. The molecule has 0 aromatic heterocycles. The highest BCUT2D eigenvalue weighted by atomic mass is 28.4. The zero-order valence-electron chi connectivity index (χ0n) is 18.5. The molecule has 0 saturated carbocycles. The number of fused-ring (bicyclic) bond motifs is 1. The summed E-state index contributed by atoms with van der Waals surface area (Å²) in [5.41, 5.74) is 2.76. The predicted octanol–water partition coefficient (Wildman–Crippen LogP) is 4.56. The Morgan fingerprint density at radius 1 is 0.613 bits per heavy atom. The molecule has 2 heteroatoms. The van der Waals surface area contributed by atoms with Crippen LogP contribution in [0.15, 0.2) is 114 Å². The number of benzene rings is 4. The lowest BCUT2D eigenvalue weighted by Crippen LogP contribution is -2.72. The number of hydrogen-bond acceptors (Lipinski definition) is 0. The van der Waals surface area contributed by atoms with Crippen molar-refractivity contribution in [3.63, 3.8) is 0 Å². The molecule has 152 valence electrons. The van der Waals surface area contributed by atoms with Gasteiger partial charge >= 0.3 is 0 Å².